The topological polar surface area (TPSA) is 277 Å². The Bertz CT molecular complexity index is 1210. The molecular formula is C17H24N2O16P2. The number of terminal acetylenes is 1. The van der Waals surface area contributed by atoms with Gasteiger partial charge in [-0.15, -0.1) is 12.3 Å². The fourth-order valence-corrected chi connectivity index (χ4v) is 5.64. The molecule has 1 aromatic rings. The predicted molar refractivity (Wildman–Crippen MR) is 115 cm³/mol. The van der Waals surface area contributed by atoms with Gasteiger partial charge >= 0.3 is 21.3 Å². The van der Waals surface area contributed by atoms with E-state index in [-0.39, 0.29) is 6.42 Å². The number of aromatic amines is 1. The Labute approximate surface area is 206 Å². The molecule has 208 valence electrons. The van der Waals surface area contributed by atoms with Crippen LogP contribution in [0.2, 0.25) is 0 Å². The summed E-state index contributed by atoms with van der Waals surface area (Å²) in [6.45, 7) is -1.02. The minimum Gasteiger partial charge on any atom is -0.388 e. The average Bonchev–Trinajstić information content (AvgIpc) is 3.07. The Morgan fingerprint density at radius 2 is 1.62 bits per heavy atom. The fraction of sp³-hybridized carbons (Fsp3) is 0.647. The van der Waals surface area contributed by atoms with Crippen molar-refractivity contribution in [2.45, 2.75) is 61.7 Å². The lowest BCUT2D eigenvalue weighted by atomic mass is 9.97. The van der Waals surface area contributed by atoms with Gasteiger partial charge in [0.05, 0.1) is 6.61 Å². The van der Waals surface area contributed by atoms with Crippen LogP contribution in [0.25, 0.3) is 0 Å². The van der Waals surface area contributed by atoms with Crippen LogP contribution in [0.15, 0.2) is 21.9 Å². The number of phosphoric ester groups is 2. The maximum Gasteiger partial charge on any atom is 0.483 e. The number of aliphatic hydroxyl groups excluding tert-OH is 5. The minimum atomic E-state index is -5.57. The largest absolute Gasteiger partial charge is 0.483 e. The lowest BCUT2D eigenvalue weighted by Gasteiger charge is -2.39. The highest BCUT2D eigenvalue weighted by Gasteiger charge is 2.49. The quantitative estimate of drug-likeness (QED) is 0.104. The number of nitrogens with one attached hydrogen (secondary N) is 1. The highest BCUT2D eigenvalue weighted by atomic mass is 31.3. The summed E-state index contributed by atoms with van der Waals surface area (Å²) in [7, 11) is -11.0. The van der Waals surface area contributed by atoms with Crippen molar-refractivity contribution in [3.05, 3.63) is 33.1 Å². The number of hydrogen-bond acceptors (Lipinski definition) is 14. The monoisotopic (exact) mass is 574 g/mol. The number of aliphatic hydroxyl groups is 5. The molecule has 2 fully saturated rings. The maximum atomic E-state index is 12.2. The van der Waals surface area contributed by atoms with E-state index in [4.69, 9.17) is 15.9 Å². The normalized spacial score (nSPS) is 37.4. The summed E-state index contributed by atoms with van der Waals surface area (Å²) in [6, 6.07) is 0.934. The third-order valence-electron chi connectivity index (χ3n) is 5.30. The molecule has 0 amide bonds. The van der Waals surface area contributed by atoms with Crippen LogP contribution in [0.1, 0.15) is 12.6 Å². The Morgan fingerprint density at radius 1 is 0.973 bits per heavy atom. The van der Waals surface area contributed by atoms with E-state index in [1.54, 1.807) is 0 Å². The molecule has 37 heavy (non-hydrogen) atoms. The van der Waals surface area contributed by atoms with Crippen molar-refractivity contribution in [2.75, 3.05) is 6.61 Å². The van der Waals surface area contributed by atoms with Gasteiger partial charge in [0.15, 0.2) is 12.5 Å². The van der Waals surface area contributed by atoms with E-state index >= 15 is 0 Å². The zero-order valence-electron chi connectivity index (χ0n) is 18.5. The number of hydrogen-bond donors (Lipinski definition) is 8. The molecule has 0 spiro atoms. The van der Waals surface area contributed by atoms with Crippen molar-refractivity contribution in [3.63, 3.8) is 0 Å². The molecule has 1 aromatic heterocycles. The first-order valence-electron chi connectivity index (χ1n) is 10.3. The average molecular weight is 574 g/mol. The molecule has 20 heteroatoms. The van der Waals surface area contributed by atoms with Crippen molar-refractivity contribution in [1.82, 2.24) is 9.55 Å². The van der Waals surface area contributed by atoms with Gasteiger partial charge < -0.3 is 44.8 Å². The molecule has 2 saturated heterocycles. The summed E-state index contributed by atoms with van der Waals surface area (Å²) in [5, 5.41) is 49.9. The molecule has 3 rings (SSSR count). The van der Waals surface area contributed by atoms with E-state index in [2.05, 4.69) is 19.3 Å². The SMILES string of the molecule is C#CCC1OC(OP(=O)(O)OP(=O)(O)OCC2OC(n3ccc(=O)[nH]c3=O)C(O)C2O)C(O)C(O)C1O. The van der Waals surface area contributed by atoms with Crippen molar-refractivity contribution in [2.24, 2.45) is 0 Å². The molecule has 0 radical (unpaired) electrons. The van der Waals surface area contributed by atoms with Gasteiger partial charge in [-0.25, -0.2) is 13.9 Å². The maximum absolute atomic E-state index is 12.2. The number of ether oxygens (including phenoxy) is 2. The van der Waals surface area contributed by atoms with Crippen LogP contribution in [0.3, 0.4) is 0 Å². The first-order chi connectivity index (χ1) is 17.2. The Kier molecular flexibility index (Phi) is 9.28. The number of nitrogens with zero attached hydrogens (tertiary/aromatic N) is 1. The molecule has 2 aliphatic heterocycles. The van der Waals surface area contributed by atoms with Crippen LogP contribution >= 0.6 is 15.6 Å². The van der Waals surface area contributed by atoms with Crippen LogP contribution in [0.4, 0.5) is 0 Å². The summed E-state index contributed by atoms with van der Waals surface area (Å²) in [5.74, 6) is 2.11. The molecule has 18 nitrogen and oxygen atoms in total. The van der Waals surface area contributed by atoms with Gasteiger partial charge in [-0.1, -0.05) is 0 Å². The van der Waals surface area contributed by atoms with Crippen LogP contribution < -0.4 is 11.2 Å². The second-order valence-electron chi connectivity index (χ2n) is 7.91. The highest BCUT2D eigenvalue weighted by molar-refractivity contribution is 7.61. The number of aromatic nitrogens is 2. The number of H-pyrrole nitrogens is 1. The minimum absolute atomic E-state index is 0.301. The standard InChI is InChI=1S/C17H24N2O16P2/c1-2-3-7-10(21)12(23)14(25)16(33-7)34-37(29,30)35-36(27,28)31-6-8-11(22)13(24)15(32-8)19-5-4-9(20)18-17(19)26/h1,4-5,7-8,10-16,21-25H,3,6H2,(H,27,28)(H,29,30)(H,18,20,26). The molecule has 2 aliphatic rings. The van der Waals surface area contributed by atoms with Gasteiger partial charge in [0, 0.05) is 18.7 Å². The molecule has 0 saturated carbocycles. The van der Waals surface area contributed by atoms with Crippen molar-refractivity contribution in [3.8, 4) is 12.3 Å². The molecule has 11 unspecified atom stereocenters. The molecular weight excluding hydrogens is 550 g/mol. The molecule has 11 atom stereocenters. The molecule has 0 bridgehead atoms. The van der Waals surface area contributed by atoms with Crippen molar-refractivity contribution in [1.29, 1.82) is 0 Å². The molecule has 3 heterocycles. The third-order valence-corrected chi connectivity index (χ3v) is 7.90. The first kappa shape index (κ1) is 29.8. The fourth-order valence-electron chi connectivity index (χ4n) is 3.48. The van der Waals surface area contributed by atoms with Crippen LogP contribution in [-0.2, 0) is 32.0 Å². The van der Waals surface area contributed by atoms with E-state index in [0.717, 1.165) is 16.8 Å². The predicted octanol–water partition coefficient (Wildman–Crippen LogP) is -3.76. The van der Waals surface area contributed by atoms with E-state index in [1.807, 2.05) is 4.98 Å². The Morgan fingerprint density at radius 3 is 2.24 bits per heavy atom. The van der Waals surface area contributed by atoms with E-state index in [9.17, 15) is 54.0 Å². The zero-order chi connectivity index (χ0) is 27.7. The Hall–Kier alpha value is -1.78. The number of phosphoric acid groups is 2. The summed E-state index contributed by atoms with van der Waals surface area (Å²) in [4.78, 5) is 44.7. The van der Waals surface area contributed by atoms with Gasteiger partial charge in [0.25, 0.3) is 5.56 Å². The first-order valence-corrected chi connectivity index (χ1v) is 13.3. The molecule has 0 aromatic carbocycles. The van der Waals surface area contributed by atoms with Crippen LogP contribution in [0.5, 0.6) is 0 Å². The van der Waals surface area contributed by atoms with Crippen LogP contribution in [0, 0.1) is 12.3 Å². The van der Waals surface area contributed by atoms with Crippen molar-refractivity contribution < 1.29 is 67.3 Å². The summed E-state index contributed by atoms with van der Waals surface area (Å²) >= 11 is 0. The van der Waals surface area contributed by atoms with Crippen LogP contribution in [-0.4, -0.2) is 100 Å². The van der Waals surface area contributed by atoms with Gasteiger partial charge in [-0.2, -0.15) is 4.31 Å². The summed E-state index contributed by atoms with van der Waals surface area (Å²) < 4.78 is 48.6. The zero-order valence-corrected chi connectivity index (χ0v) is 20.3. The van der Waals surface area contributed by atoms with Gasteiger partial charge in [0.2, 0.25) is 0 Å². The second kappa shape index (κ2) is 11.5. The highest BCUT2D eigenvalue weighted by Crippen LogP contribution is 2.61. The lowest BCUT2D eigenvalue weighted by Crippen LogP contribution is -2.57. The van der Waals surface area contributed by atoms with Crippen molar-refractivity contribution >= 4 is 15.6 Å². The van der Waals surface area contributed by atoms with E-state index in [1.165, 1.54) is 0 Å². The van der Waals surface area contributed by atoms with Gasteiger partial charge in [-0.3, -0.25) is 23.4 Å². The number of rotatable bonds is 9. The van der Waals surface area contributed by atoms with Gasteiger partial charge in [-0.05, 0) is 0 Å². The smallest absolute Gasteiger partial charge is 0.388 e. The Balaban J connectivity index is 1.62. The third kappa shape index (κ3) is 7.00. The van der Waals surface area contributed by atoms with Gasteiger partial charge in [0.1, 0.15) is 42.7 Å². The van der Waals surface area contributed by atoms with E-state index < -0.39 is 88.7 Å². The second-order valence-corrected chi connectivity index (χ2v) is 10.9. The molecule has 0 aliphatic carbocycles. The summed E-state index contributed by atoms with van der Waals surface area (Å²) in [6.07, 6.45) is -10.0. The summed E-state index contributed by atoms with van der Waals surface area (Å²) in [5.41, 5.74) is -1.74. The van der Waals surface area contributed by atoms with E-state index in [0.29, 0.717) is 0 Å². The lowest BCUT2D eigenvalue weighted by molar-refractivity contribution is -0.274. The molecule has 8 N–H and O–H groups in total.